The summed E-state index contributed by atoms with van der Waals surface area (Å²) in [6.45, 7) is 2.23. The molecular weight excluding hydrogens is 296 g/mol. The van der Waals surface area contributed by atoms with Crippen LogP contribution in [0.4, 0.5) is 0 Å². The summed E-state index contributed by atoms with van der Waals surface area (Å²) in [4.78, 5) is 10.4. The second kappa shape index (κ2) is 20.3. The van der Waals surface area contributed by atoms with E-state index in [1.807, 2.05) is 0 Å². The Morgan fingerprint density at radius 2 is 1.00 bits per heavy atom. The second-order valence-corrected chi connectivity index (χ2v) is 7.14. The molecule has 0 aromatic carbocycles. The molecule has 0 spiro atoms. The van der Waals surface area contributed by atoms with E-state index in [2.05, 4.69) is 19.1 Å². The highest BCUT2D eigenvalue weighted by Gasteiger charge is 1.97. The van der Waals surface area contributed by atoms with Crippen molar-refractivity contribution >= 4 is 5.97 Å². The smallest absolute Gasteiger partial charge is 0.303 e. The van der Waals surface area contributed by atoms with Crippen LogP contribution < -0.4 is 0 Å². The molecule has 0 saturated heterocycles. The van der Waals surface area contributed by atoms with E-state index in [1.54, 1.807) is 0 Å². The topological polar surface area (TPSA) is 37.3 Å². The van der Waals surface area contributed by atoms with Crippen molar-refractivity contribution in [1.29, 1.82) is 0 Å². The van der Waals surface area contributed by atoms with Crippen LogP contribution in [0.1, 0.15) is 122 Å². The fourth-order valence-electron chi connectivity index (χ4n) is 3.06. The van der Waals surface area contributed by atoms with Gasteiger partial charge in [0.2, 0.25) is 0 Å². The summed E-state index contributed by atoms with van der Waals surface area (Å²) >= 11 is 0. The quantitative estimate of drug-likeness (QED) is 0.194. The monoisotopic (exact) mass is 338 g/mol. The van der Waals surface area contributed by atoms with Crippen LogP contribution in [-0.2, 0) is 4.79 Å². The summed E-state index contributed by atoms with van der Waals surface area (Å²) < 4.78 is 0. The summed E-state index contributed by atoms with van der Waals surface area (Å²) in [6.07, 6.45) is 27.2. The van der Waals surface area contributed by atoms with Gasteiger partial charge >= 0.3 is 5.97 Å². The van der Waals surface area contributed by atoms with Gasteiger partial charge in [-0.3, -0.25) is 4.79 Å². The first-order valence-electron chi connectivity index (χ1n) is 10.6. The van der Waals surface area contributed by atoms with Crippen molar-refractivity contribution in [2.45, 2.75) is 122 Å². The molecule has 0 atom stereocenters. The van der Waals surface area contributed by atoms with Gasteiger partial charge in [-0.2, -0.15) is 0 Å². The molecule has 0 bridgehead atoms. The van der Waals surface area contributed by atoms with E-state index in [1.165, 1.54) is 96.3 Å². The number of aliphatic carboxylic acids is 1. The first kappa shape index (κ1) is 23.2. The molecule has 0 fully saturated rings. The van der Waals surface area contributed by atoms with E-state index in [4.69, 9.17) is 5.11 Å². The Balaban J connectivity index is 3.01. The first-order chi connectivity index (χ1) is 11.8. The molecule has 0 amide bonds. The van der Waals surface area contributed by atoms with E-state index in [9.17, 15) is 4.79 Å². The van der Waals surface area contributed by atoms with Gasteiger partial charge in [-0.1, -0.05) is 103 Å². The molecule has 0 heterocycles. The molecule has 0 aliphatic rings. The highest BCUT2D eigenvalue weighted by atomic mass is 16.4. The Morgan fingerprint density at radius 3 is 1.42 bits per heavy atom. The molecular formula is C22H42O2. The van der Waals surface area contributed by atoms with Crippen molar-refractivity contribution < 1.29 is 9.90 Å². The van der Waals surface area contributed by atoms with Crippen LogP contribution in [0.15, 0.2) is 12.2 Å². The lowest BCUT2D eigenvalue weighted by molar-refractivity contribution is -0.137. The van der Waals surface area contributed by atoms with Gasteiger partial charge in [0.05, 0.1) is 0 Å². The zero-order valence-corrected chi connectivity index (χ0v) is 16.2. The van der Waals surface area contributed by atoms with Crippen LogP contribution in [0.5, 0.6) is 0 Å². The standard InChI is InChI=1S/C22H42O2/c1-2-3-4-5-6-7-8-9-10-11-12-13-14-15-16-17-18-19-20-21-22(23)24/h4-5H,2-3,6-21H2,1H3,(H,23,24). The van der Waals surface area contributed by atoms with E-state index in [0.717, 1.165) is 12.8 Å². The van der Waals surface area contributed by atoms with E-state index >= 15 is 0 Å². The number of carboxylic acid groups (broad SMARTS) is 1. The first-order valence-corrected chi connectivity index (χ1v) is 10.6. The van der Waals surface area contributed by atoms with Gasteiger partial charge in [0.25, 0.3) is 0 Å². The molecule has 0 rings (SSSR count). The zero-order chi connectivity index (χ0) is 17.7. The molecule has 1 N–H and O–H groups in total. The van der Waals surface area contributed by atoms with Gasteiger partial charge in [0.1, 0.15) is 0 Å². The molecule has 0 aromatic heterocycles. The maximum absolute atomic E-state index is 10.4. The molecule has 142 valence electrons. The highest BCUT2D eigenvalue weighted by molar-refractivity contribution is 5.66. The van der Waals surface area contributed by atoms with Crippen molar-refractivity contribution in [3.05, 3.63) is 12.2 Å². The lowest BCUT2D eigenvalue weighted by Crippen LogP contribution is -1.93. The second-order valence-electron chi connectivity index (χ2n) is 7.14. The zero-order valence-electron chi connectivity index (χ0n) is 16.2. The predicted octanol–water partition coefficient (Wildman–Crippen LogP) is 7.67. The molecule has 0 aromatic rings. The van der Waals surface area contributed by atoms with Gasteiger partial charge in [0, 0.05) is 6.42 Å². The molecule has 0 radical (unpaired) electrons. The number of hydrogen-bond donors (Lipinski definition) is 1. The molecule has 0 aliphatic carbocycles. The van der Waals surface area contributed by atoms with Gasteiger partial charge in [0.15, 0.2) is 0 Å². The lowest BCUT2D eigenvalue weighted by Gasteiger charge is -2.03. The third-order valence-electron chi connectivity index (χ3n) is 4.63. The summed E-state index contributed by atoms with van der Waals surface area (Å²) in [6, 6.07) is 0. The van der Waals surface area contributed by atoms with Gasteiger partial charge < -0.3 is 5.11 Å². The van der Waals surface area contributed by atoms with E-state index in [-0.39, 0.29) is 0 Å². The Morgan fingerprint density at radius 1 is 0.625 bits per heavy atom. The van der Waals surface area contributed by atoms with Gasteiger partial charge in [-0.05, 0) is 25.7 Å². The Labute approximate surface area is 151 Å². The molecule has 2 nitrogen and oxygen atoms in total. The van der Waals surface area contributed by atoms with Crippen molar-refractivity contribution in [2.24, 2.45) is 0 Å². The van der Waals surface area contributed by atoms with E-state index in [0.29, 0.717) is 6.42 Å². The fourth-order valence-corrected chi connectivity index (χ4v) is 3.06. The fraction of sp³-hybridized carbons (Fsp3) is 0.864. The number of carbonyl (C=O) groups is 1. The van der Waals surface area contributed by atoms with Crippen molar-refractivity contribution in [3.8, 4) is 0 Å². The minimum atomic E-state index is -0.654. The summed E-state index contributed by atoms with van der Waals surface area (Å²) in [7, 11) is 0. The molecule has 0 saturated carbocycles. The van der Waals surface area contributed by atoms with Crippen LogP contribution in [-0.4, -0.2) is 11.1 Å². The summed E-state index contributed by atoms with van der Waals surface area (Å²) in [5.41, 5.74) is 0. The van der Waals surface area contributed by atoms with Crippen molar-refractivity contribution in [3.63, 3.8) is 0 Å². The SMILES string of the molecule is CCCC=CCCCCCCCCCCCCCCCCC(=O)O. The number of unbranched alkanes of at least 4 members (excludes halogenated alkanes) is 15. The molecule has 2 heteroatoms. The molecule has 0 aliphatic heterocycles. The Kier molecular flexibility index (Phi) is 19.6. The predicted molar refractivity (Wildman–Crippen MR) is 106 cm³/mol. The van der Waals surface area contributed by atoms with Crippen molar-refractivity contribution in [2.75, 3.05) is 0 Å². The lowest BCUT2D eigenvalue weighted by atomic mass is 10.0. The van der Waals surface area contributed by atoms with Crippen LogP contribution in [0.3, 0.4) is 0 Å². The van der Waals surface area contributed by atoms with Crippen molar-refractivity contribution in [1.82, 2.24) is 0 Å². The van der Waals surface area contributed by atoms with Crippen LogP contribution in [0.2, 0.25) is 0 Å². The highest BCUT2D eigenvalue weighted by Crippen LogP contribution is 2.13. The van der Waals surface area contributed by atoms with Crippen LogP contribution in [0, 0.1) is 0 Å². The molecule has 0 unspecified atom stereocenters. The maximum Gasteiger partial charge on any atom is 0.303 e. The number of rotatable bonds is 19. The van der Waals surface area contributed by atoms with Gasteiger partial charge in [-0.15, -0.1) is 0 Å². The average molecular weight is 339 g/mol. The summed E-state index contributed by atoms with van der Waals surface area (Å²) in [5.74, 6) is -0.654. The minimum Gasteiger partial charge on any atom is -0.481 e. The van der Waals surface area contributed by atoms with Crippen LogP contribution >= 0.6 is 0 Å². The number of carboxylic acids is 1. The third kappa shape index (κ3) is 21.2. The largest absolute Gasteiger partial charge is 0.481 e. The Hall–Kier alpha value is -0.790. The van der Waals surface area contributed by atoms with E-state index < -0.39 is 5.97 Å². The average Bonchev–Trinajstić information content (AvgIpc) is 2.56. The summed E-state index contributed by atoms with van der Waals surface area (Å²) in [5, 5.41) is 8.55. The maximum atomic E-state index is 10.4. The minimum absolute atomic E-state index is 0.343. The number of allylic oxidation sites excluding steroid dienone is 2. The Bertz CT molecular complexity index is 284. The number of hydrogen-bond acceptors (Lipinski definition) is 1. The van der Waals surface area contributed by atoms with Crippen LogP contribution in [0.25, 0.3) is 0 Å². The third-order valence-corrected chi connectivity index (χ3v) is 4.63. The van der Waals surface area contributed by atoms with Gasteiger partial charge in [-0.25, -0.2) is 0 Å². The normalized spacial score (nSPS) is 11.4. The molecule has 24 heavy (non-hydrogen) atoms.